The summed E-state index contributed by atoms with van der Waals surface area (Å²) in [6, 6.07) is 15.2. The van der Waals surface area contributed by atoms with Crippen molar-refractivity contribution >= 4 is 35.0 Å². The van der Waals surface area contributed by atoms with E-state index in [4.69, 9.17) is 4.74 Å². The van der Waals surface area contributed by atoms with Crippen molar-refractivity contribution in [3.63, 3.8) is 0 Å². The zero-order valence-corrected chi connectivity index (χ0v) is 15.9. The van der Waals surface area contributed by atoms with Gasteiger partial charge < -0.3 is 15.4 Å². The molecule has 2 aromatic carbocycles. The molecule has 0 saturated carbocycles. The standard InChI is InChI=1S/C20H24N2O3S/c1-3-25-12-16-6-4-5-7-18(16)22-20(24)14-26-13-19(23)21-17-10-8-15(2)9-11-17/h4-11H,3,12-14H2,1-2H3,(H,21,23)(H,22,24). The molecule has 2 N–H and O–H groups in total. The van der Waals surface area contributed by atoms with Gasteiger partial charge in [0.2, 0.25) is 11.8 Å². The number of hydrogen-bond donors (Lipinski definition) is 2. The number of nitrogens with one attached hydrogen (secondary N) is 2. The van der Waals surface area contributed by atoms with Crippen molar-refractivity contribution in [1.29, 1.82) is 0 Å². The van der Waals surface area contributed by atoms with Crippen LogP contribution in [0.25, 0.3) is 0 Å². The lowest BCUT2D eigenvalue weighted by molar-refractivity contribution is -0.114. The van der Waals surface area contributed by atoms with E-state index in [-0.39, 0.29) is 23.3 Å². The number of benzene rings is 2. The van der Waals surface area contributed by atoms with E-state index in [1.54, 1.807) is 0 Å². The lowest BCUT2D eigenvalue weighted by Gasteiger charge is -2.11. The van der Waals surface area contributed by atoms with E-state index in [0.717, 1.165) is 22.5 Å². The first kappa shape index (κ1) is 20.0. The molecule has 0 aliphatic carbocycles. The molecule has 5 nitrogen and oxygen atoms in total. The molecule has 0 aromatic heterocycles. The summed E-state index contributed by atoms with van der Waals surface area (Å²) >= 11 is 1.28. The molecule has 6 heteroatoms. The summed E-state index contributed by atoms with van der Waals surface area (Å²) < 4.78 is 5.41. The summed E-state index contributed by atoms with van der Waals surface area (Å²) in [6.07, 6.45) is 0. The number of amides is 2. The lowest BCUT2D eigenvalue weighted by Crippen LogP contribution is -2.19. The molecule has 0 atom stereocenters. The molecule has 0 aliphatic rings. The second kappa shape index (κ2) is 10.6. The Labute approximate surface area is 158 Å². The molecule has 138 valence electrons. The highest BCUT2D eigenvalue weighted by molar-refractivity contribution is 8.00. The number of para-hydroxylation sites is 1. The largest absolute Gasteiger partial charge is 0.377 e. The van der Waals surface area contributed by atoms with Crippen LogP contribution in [-0.4, -0.2) is 29.9 Å². The van der Waals surface area contributed by atoms with Gasteiger partial charge in [0.25, 0.3) is 0 Å². The average molecular weight is 372 g/mol. The summed E-state index contributed by atoms with van der Waals surface area (Å²) in [5.74, 6) is 0.178. The fourth-order valence-corrected chi connectivity index (χ4v) is 2.85. The van der Waals surface area contributed by atoms with Crippen molar-refractivity contribution in [2.75, 3.05) is 28.7 Å². The molecule has 0 aliphatic heterocycles. The highest BCUT2D eigenvalue weighted by Crippen LogP contribution is 2.17. The Morgan fingerprint density at radius 3 is 2.31 bits per heavy atom. The smallest absolute Gasteiger partial charge is 0.234 e. The molecule has 0 saturated heterocycles. The predicted octanol–water partition coefficient (Wildman–Crippen LogP) is 3.84. The van der Waals surface area contributed by atoms with E-state index >= 15 is 0 Å². The first-order valence-corrected chi connectivity index (χ1v) is 9.63. The van der Waals surface area contributed by atoms with Gasteiger partial charge in [0.15, 0.2) is 0 Å². The van der Waals surface area contributed by atoms with E-state index in [1.165, 1.54) is 11.8 Å². The van der Waals surface area contributed by atoms with Crippen molar-refractivity contribution in [2.24, 2.45) is 0 Å². The van der Waals surface area contributed by atoms with E-state index in [0.29, 0.717) is 13.2 Å². The van der Waals surface area contributed by atoms with Crippen molar-refractivity contribution in [1.82, 2.24) is 0 Å². The normalized spacial score (nSPS) is 10.4. The van der Waals surface area contributed by atoms with Crippen LogP contribution in [0.1, 0.15) is 18.1 Å². The molecule has 26 heavy (non-hydrogen) atoms. The van der Waals surface area contributed by atoms with Gasteiger partial charge in [-0.1, -0.05) is 35.9 Å². The third-order valence-corrected chi connectivity index (χ3v) is 4.49. The molecule has 0 heterocycles. The Balaban J connectivity index is 1.75. The maximum absolute atomic E-state index is 12.1. The highest BCUT2D eigenvalue weighted by Gasteiger charge is 2.09. The molecular weight excluding hydrogens is 348 g/mol. The Bertz CT molecular complexity index is 732. The van der Waals surface area contributed by atoms with Gasteiger partial charge >= 0.3 is 0 Å². The number of rotatable bonds is 9. The Kier molecular flexibility index (Phi) is 8.18. The SMILES string of the molecule is CCOCc1ccccc1NC(=O)CSCC(=O)Nc1ccc(C)cc1. The fraction of sp³-hybridized carbons (Fsp3) is 0.300. The monoisotopic (exact) mass is 372 g/mol. The van der Waals surface area contributed by atoms with Crippen LogP contribution in [-0.2, 0) is 20.9 Å². The highest BCUT2D eigenvalue weighted by atomic mass is 32.2. The summed E-state index contributed by atoms with van der Waals surface area (Å²) in [4.78, 5) is 24.0. The maximum atomic E-state index is 12.1. The lowest BCUT2D eigenvalue weighted by atomic mass is 10.2. The Morgan fingerprint density at radius 2 is 1.62 bits per heavy atom. The number of carbonyl (C=O) groups is 2. The van der Waals surface area contributed by atoms with Gasteiger partial charge in [-0.25, -0.2) is 0 Å². The van der Waals surface area contributed by atoms with Crippen LogP contribution in [0, 0.1) is 6.92 Å². The van der Waals surface area contributed by atoms with E-state index < -0.39 is 0 Å². The molecular formula is C20H24N2O3S. The van der Waals surface area contributed by atoms with E-state index in [1.807, 2.05) is 62.4 Å². The number of ether oxygens (including phenoxy) is 1. The quantitative estimate of drug-likeness (QED) is 0.702. The third kappa shape index (κ3) is 6.90. The van der Waals surface area contributed by atoms with Crippen molar-refractivity contribution in [3.8, 4) is 0 Å². The van der Waals surface area contributed by atoms with Gasteiger partial charge in [-0.15, -0.1) is 11.8 Å². The molecule has 0 fully saturated rings. The van der Waals surface area contributed by atoms with Crippen LogP contribution in [0.4, 0.5) is 11.4 Å². The minimum Gasteiger partial charge on any atom is -0.377 e. The van der Waals surface area contributed by atoms with Gasteiger partial charge in [0.05, 0.1) is 18.1 Å². The number of anilines is 2. The van der Waals surface area contributed by atoms with Crippen molar-refractivity contribution < 1.29 is 14.3 Å². The molecule has 2 amide bonds. The van der Waals surface area contributed by atoms with Crippen molar-refractivity contribution in [2.45, 2.75) is 20.5 Å². The van der Waals surface area contributed by atoms with E-state index in [2.05, 4.69) is 10.6 Å². The second-order valence-corrected chi connectivity index (χ2v) is 6.74. The fourth-order valence-electron chi connectivity index (χ4n) is 2.24. The van der Waals surface area contributed by atoms with Crippen molar-refractivity contribution in [3.05, 3.63) is 59.7 Å². The van der Waals surface area contributed by atoms with Gasteiger partial charge in [-0.3, -0.25) is 9.59 Å². The summed E-state index contributed by atoms with van der Waals surface area (Å²) in [7, 11) is 0. The second-order valence-electron chi connectivity index (χ2n) is 5.75. The van der Waals surface area contributed by atoms with Gasteiger partial charge in [0, 0.05) is 23.5 Å². The van der Waals surface area contributed by atoms with Gasteiger partial charge in [0.1, 0.15) is 0 Å². The summed E-state index contributed by atoms with van der Waals surface area (Å²) in [5.41, 5.74) is 3.58. The van der Waals surface area contributed by atoms with Gasteiger partial charge in [-0.2, -0.15) is 0 Å². The third-order valence-electron chi connectivity index (χ3n) is 3.55. The topological polar surface area (TPSA) is 67.4 Å². The van der Waals surface area contributed by atoms with Crippen LogP contribution in [0.3, 0.4) is 0 Å². The maximum Gasteiger partial charge on any atom is 0.234 e. The molecule has 0 radical (unpaired) electrons. The summed E-state index contributed by atoms with van der Waals surface area (Å²) in [6.45, 7) is 5.00. The minimum absolute atomic E-state index is 0.122. The van der Waals surface area contributed by atoms with Crippen LogP contribution in [0.2, 0.25) is 0 Å². The molecule has 0 unspecified atom stereocenters. The van der Waals surface area contributed by atoms with E-state index in [9.17, 15) is 9.59 Å². The molecule has 0 spiro atoms. The molecule has 2 rings (SSSR count). The number of carbonyl (C=O) groups excluding carboxylic acids is 2. The Hall–Kier alpha value is -2.31. The zero-order chi connectivity index (χ0) is 18.8. The number of thioether (sulfide) groups is 1. The van der Waals surface area contributed by atoms with Crippen LogP contribution in [0.15, 0.2) is 48.5 Å². The molecule has 0 bridgehead atoms. The van der Waals surface area contributed by atoms with Crippen LogP contribution < -0.4 is 10.6 Å². The molecule has 2 aromatic rings. The Morgan fingerprint density at radius 1 is 0.962 bits per heavy atom. The number of hydrogen-bond acceptors (Lipinski definition) is 4. The first-order chi connectivity index (χ1) is 12.6. The average Bonchev–Trinajstić information content (AvgIpc) is 2.63. The number of aryl methyl sites for hydroxylation is 1. The van der Waals surface area contributed by atoms with Crippen LogP contribution >= 0.6 is 11.8 Å². The predicted molar refractivity (Wildman–Crippen MR) is 108 cm³/mol. The van der Waals surface area contributed by atoms with Crippen LogP contribution in [0.5, 0.6) is 0 Å². The summed E-state index contributed by atoms with van der Waals surface area (Å²) in [5, 5.41) is 5.69. The minimum atomic E-state index is -0.137. The van der Waals surface area contributed by atoms with Gasteiger partial charge in [-0.05, 0) is 32.0 Å². The first-order valence-electron chi connectivity index (χ1n) is 8.48. The zero-order valence-electron chi connectivity index (χ0n) is 15.1.